The molecule has 2 heterocycles. The Morgan fingerprint density at radius 2 is 2.05 bits per heavy atom. The van der Waals surface area contributed by atoms with Crippen molar-refractivity contribution in [3.8, 4) is 5.88 Å². The van der Waals surface area contributed by atoms with Crippen LogP contribution in [0.25, 0.3) is 0 Å². The minimum Gasteiger partial charge on any atom is -0.481 e. The number of ether oxygens (including phenoxy) is 1. The molecule has 8 heteroatoms. The highest BCUT2D eigenvalue weighted by molar-refractivity contribution is 7.89. The Morgan fingerprint density at radius 1 is 1.24 bits per heavy atom. The molecule has 0 radical (unpaired) electrons. The molecule has 0 aliphatic carbocycles. The first kappa shape index (κ1) is 15.2. The minimum atomic E-state index is -3.65. The van der Waals surface area contributed by atoms with Crippen molar-refractivity contribution in [2.45, 2.75) is 11.4 Å². The largest absolute Gasteiger partial charge is 0.481 e. The van der Waals surface area contributed by atoms with Crippen molar-refractivity contribution < 1.29 is 13.2 Å². The molecule has 2 rings (SSSR count). The van der Waals surface area contributed by atoms with Crippen LogP contribution in [0.4, 0.5) is 5.82 Å². The summed E-state index contributed by atoms with van der Waals surface area (Å²) in [6.45, 7) is 0.136. The Balaban J connectivity index is 2.13. The number of pyridine rings is 2. The number of methoxy groups -OCH3 is 1. The van der Waals surface area contributed by atoms with Crippen LogP contribution in [0.1, 0.15) is 5.56 Å². The van der Waals surface area contributed by atoms with Crippen LogP contribution in [0.15, 0.2) is 41.6 Å². The summed E-state index contributed by atoms with van der Waals surface area (Å²) in [6, 6.07) is 6.49. The van der Waals surface area contributed by atoms with Gasteiger partial charge in [0.15, 0.2) is 0 Å². The van der Waals surface area contributed by atoms with E-state index in [1.54, 1.807) is 31.4 Å². The number of sulfonamides is 1. The highest BCUT2D eigenvalue weighted by Crippen LogP contribution is 2.17. The maximum absolute atomic E-state index is 12.3. The zero-order chi connectivity index (χ0) is 15.3. The molecule has 0 atom stereocenters. The van der Waals surface area contributed by atoms with Gasteiger partial charge in [-0.15, -0.1) is 0 Å². The summed E-state index contributed by atoms with van der Waals surface area (Å²) in [4.78, 5) is 8.11. The van der Waals surface area contributed by atoms with Gasteiger partial charge in [-0.3, -0.25) is 0 Å². The average Bonchev–Trinajstić information content (AvgIpc) is 2.53. The van der Waals surface area contributed by atoms with Gasteiger partial charge in [-0.05, 0) is 17.7 Å². The Labute approximate surface area is 123 Å². The third-order valence-electron chi connectivity index (χ3n) is 2.77. The molecular formula is C13H16N4O3S. The fraction of sp³-hybridized carbons (Fsp3) is 0.231. The average molecular weight is 308 g/mol. The topological polar surface area (TPSA) is 93.2 Å². The number of hydrogen-bond donors (Lipinski definition) is 2. The molecule has 0 aromatic carbocycles. The van der Waals surface area contributed by atoms with E-state index in [1.807, 2.05) is 0 Å². The van der Waals surface area contributed by atoms with Crippen molar-refractivity contribution in [2.75, 3.05) is 19.5 Å². The van der Waals surface area contributed by atoms with Crippen LogP contribution in [-0.4, -0.2) is 32.5 Å². The molecule has 7 nitrogen and oxygen atoms in total. The second-order valence-corrected chi connectivity index (χ2v) is 5.87. The van der Waals surface area contributed by atoms with Crippen molar-refractivity contribution in [3.05, 3.63) is 42.2 Å². The van der Waals surface area contributed by atoms with Crippen molar-refractivity contribution in [2.24, 2.45) is 0 Å². The summed E-state index contributed by atoms with van der Waals surface area (Å²) >= 11 is 0. The Bertz CT molecular complexity index is 702. The van der Waals surface area contributed by atoms with Crippen LogP contribution in [0.2, 0.25) is 0 Å². The van der Waals surface area contributed by atoms with Gasteiger partial charge < -0.3 is 10.1 Å². The second kappa shape index (κ2) is 6.51. The monoisotopic (exact) mass is 308 g/mol. The Hall–Kier alpha value is -2.19. The first-order valence-corrected chi connectivity index (χ1v) is 7.66. The van der Waals surface area contributed by atoms with E-state index in [-0.39, 0.29) is 11.4 Å². The molecule has 0 saturated heterocycles. The number of nitrogens with zero attached hydrogens (tertiary/aromatic N) is 2. The SMILES string of the molecule is CNc1ncccc1S(=O)(=O)NCc1ccc(OC)nc1. The van der Waals surface area contributed by atoms with E-state index in [0.717, 1.165) is 5.56 Å². The highest BCUT2D eigenvalue weighted by Gasteiger charge is 2.18. The molecule has 0 amide bonds. The molecule has 0 saturated carbocycles. The van der Waals surface area contributed by atoms with Crippen molar-refractivity contribution in [1.29, 1.82) is 0 Å². The fourth-order valence-electron chi connectivity index (χ4n) is 1.69. The zero-order valence-electron chi connectivity index (χ0n) is 11.7. The number of aromatic nitrogens is 2. The van der Waals surface area contributed by atoms with Gasteiger partial charge in [-0.2, -0.15) is 0 Å². The van der Waals surface area contributed by atoms with Gasteiger partial charge >= 0.3 is 0 Å². The smallest absolute Gasteiger partial charge is 0.244 e. The molecular weight excluding hydrogens is 292 g/mol. The van der Waals surface area contributed by atoms with E-state index in [1.165, 1.54) is 19.4 Å². The molecule has 0 spiro atoms. The lowest BCUT2D eigenvalue weighted by Crippen LogP contribution is -2.24. The van der Waals surface area contributed by atoms with Crippen LogP contribution in [0, 0.1) is 0 Å². The first-order valence-electron chi connectivity index (χ1n) is 6.18. The molecule has 0 aliphatic rings. The second-order valence-electron chi connectivity index (χ2n) is 4.13. The standard InChI is InChI=1S/C13H16N4O3S/c1-14-13-11(4-3-7-15-13)21(18,19)17-9-10-5-6-12(20-2)16-8-10/h3-8,17H,9H2,1-2H3,(H,14,15). The molecule has 2 aromatic heterocycles. The number of anilines is 1. The molecule has 21 heavy (non-hydrogen) atoms. The molecule has 0 fully saturated rings. The summed E-state index contributed by atoms with van der Waals surface area (Å²) in [7, 11) is -0.511. The number of hydrogen-bond acceptors (Lipinski definition) is 6. The maximum atomic E-state index is 12.3. The van der Waals surface area contributed by atoms with Crippen molar-refractivity contribution in [1.82, 2.24) is 14.7 Å². The zero-order valence-corrected chi connectivity index (χ0v) is 12.5. The van der Waals surface area contributed by atoms with Crippen LogP contribution in [-0.2, 0) is 16.6 Å². The van der Waals surface area contributed by atoms with Gasteiger partial charge in [-0.25, -0.2) is 23.1 Å². The van der Waals surface area contributed by atoms with Gasteiger partial charge in [0.05, 0.1) is 7.11 Å². The van der Waals surface area contributed by atoms with Crippen LogP contribution >= 0.6 is 0 Å². The number of rotatable bonds is 6. The summed E-state index contributed by atoms with van der Waals surface area (Å²) < 4.78 is 32.0. The number of nitrogens with one attached hydrogen (secondary N) is 2. The third kappa shape index (κ3) is 3.67. The van der Waals surface area contributed by atoms with E-state index >= 15 is 0 Å². The van der Waals surface area contributed by atoms with Gasteiger partial charge in [-0.1, -0.05) is 6.07 Å². The quantitative estimate of drug-likeness (QED) is 0.827. The first-order chi connectivity index (χ1) is 10.1. The lowest BCUT2D eigenvalue weighted by Gasteiger charge is -2.10. The van der Waals surface area contributed by atoms with E-state index in [0.29, 0.717) is 11.7 Å². The summed E-state index contributed by atoms with van der Waals surface area (Å²) in [6.07, 6.45) is 3.09. The lowest BCUT2D eigenvalue weighted by atomic mass is 10.3. The highest BCUT2D eigenvalue weighted by atomic mass is 32.2. The molecule has 112 valence electrons. The summed E-state index contributed by atoms with van der Waals surface area (Å²) in [5.41, 5.74) is 0.731. The van der Waals surface area contributed by atoms with E-state index < -0.39 is 10.0 Å². The van der Waals surface area contributed by atoms with Gasteiger partial charge in [0.2, 0.25) is 15.9 Å². The van der Waals surface area contributed by atoms with E-state index in [4.69, 9.17) is 4.74 Å². The van der Waals surface area contributed by atoms with Gasteiger partial charge in [0.1, 0.15) is 10.7 Å². The normalized spacial score (nSPS) is 11.1. The Morgan fingerprint density at radius 3 is 2.67 bits per heavy atom. The molecule has 0 aliphatic heterocycles. The van der Waals surface area contributed by atoms with E-state index in [2.05, 4.69) is 20.0 Å². The lowest BCUT2D eigenvalue weighted by molar-refractivity contribution is 0.397. The molecule has 0 unspecified atom stereocenters. The Kier molecular flexibility index (Phi) is 4.71. The van der Waals surface area contributed by atoms with Crippen molar-refractivity contribution in [3.63, 3.8) is 0 Å². The minimum absolute atomic E-state index is 0.106. The maximum Gasteiger partial charge on any atom is 0.244 e. The summed E-state index contributed by atoms with van der Waals surface area (Å²) in [5, 5.41) is 2.76. The van der Waals surface area contributed by atoms with Gasteiger partial charge in [0.25, 0.3) is 0 Å². The molecule has 2 N–H and O–H groups in total. The predicted octanol–water partition coefficient (Wildman–Crippen LogP) is 1.01. The van der Waals surface area contributed by atoms with Crippen molar-refractivity contribution >= 4 is 15.8 Å². The van der Waals surface area contributed by atoms with Crippen LogP contribution in [0.5, 0.6) is 5.88 Å². The molecule has 0 bridgehead atoms. The van der Waals surface area contributed by atoms with E-state index in [9.17, 15) is 8.42 Å². The van der Waals surface area contributed by atoms with Gasteiger partial charge in [0, 0.05) is 32.1 Å². The summed E-state index contributed by atoms with van der Waals surface area (Å²) in [5.74, 6) is 0.782. The third-order valence-corrected chi connectivity index (χ3v) is 4.20. The molecule has 2 aromatic rings. The van der Waals surface area contributed by atoms with Crippen LogP contribution in [0.3, 0.4) is 0 Å². The fourth-order valence-corrected chi connectivity index (χ4v) is 2.87. The predicted molar refractivity (Wildman–Crippen MR) is 78.6 cm³/mol. The van der Waals surface area contributed by atoms with Crippen LogP contribution < -0.4 is 14.8 Å².